The van der Waals surface area contributed by atoms with Gasteiger partial charge in [0.25, 0.3) is 0 Å². The molecule has 1 fully saturated rings. The Bertz CT molecular complexity index is 1650. The lowest BCUT2D eigenvalue weighted by molar-refractivity contribution is 0.130. The molecular weight excluding hydrogens is 534 g/mol. The number of nitrogen functional groups attached to an aromatic ring is 1. The van der Waals surface area contributed by atoms with Crippen LogP contribution in [0, 0.1) is 10.8 Å². The van der Waals surface area contributed by atoms with Crippen LogP contribution < -0.4 is 14.8 Å². The van der Waals surface area contributed by atoms with E-state index in [4.69, 9.17) is 21.3 Å². The molecule has 1 saturated heterocycles. The molecule has 212 valence electrons. The van der Waals surface area contributed by atoms with Gasteiger partial charge in [-0.05, 0) is 65.2 Å². The van der Waals surface area contributed by atoms with Crippen LogP contribution in [-0.2, 0) is 22.3 Å². The molecule has 1 aliphatic heterocycles. The predicted molar refractivity (Wildman–Crippen MR) is 165 cm³/mol. The number of rotatable bonds is 9. The monoisotopic (exact) mass is 569 g/mol. The summed E-state index contributed by atoms with van der Waals surface area (Å²) in [6.07, 6.45) is 1.73. The highest BCUT2D eigenvalue weighted by Gasteiger charge is 2.25. The van der Waals surface area contributed by atoms with Crippen LogP contribution in [0.2, 0.25) is 0 Å². The number of piperidine rings is 1. The van der Waals surface area contributed by atoms with Gasteiger partial charge in [-0.2, -0.15) is 0 Å². The van der Waals surface area contributed by atoms with Crippen molar-refractivity contribution < 1.29 is 13.2 Å². The van der Waals surface area contributed by atoms with Crippen LogP contribution in [0.4, 0.5) is 5.69 Å². The lowest BCUT2D eigenvalue weighted by Crippen LogP contribution is -2.40. The Labute approximate surface area is 241 Å². The van der Waals surface area contributed by atoms with Crippen molar-refractivity contribution in [1.29, 1.82) is 10.8 Å². The van der Waals surface area contributed by atoms with Crippen LogP contribution in [0.15, 0.2) is 91.0 Å². The summed E-state index contributed by atoms with van der Waals surface area (Å²) in [5.41, 5.74) is 8.41. The number of anilines is 1. The minimum Gasteiger partial charge on any atom is -0.490 e. The van der Waals surface area contributed by atoms with Crippen molar-refractivity contribution in [3.8, 4) is 5.75 Å². The van der Waals surface area contributed by atoms with Crippen molar-refractivity contribution in [2.75, 3.05) is 17.4 Å². The van der Waals surface area contributed by atoms with E-state index in [2.05, 4.69) is 0 Å². The highest BCUT2D eigenvalue weighted by Crippen LogP contribution is 2.28. The van der Waals surface area contributed by atoms with Gasteiger partial charge in [0.1, 0.15) is 17.7 Å². The first-order valence-electron chi connectivity index (χ1n) is 13.7. The number of nitrogens with one attached hydrogen (secondary N) is 2. The molecule has 4 N–H and O–H groups in total. The van der Waals surface area contributed by atoms with Gasteiger partial charge in [0.2, 0.25) is 10.0 Å². The SMILES string of the molecule is CC(=N)N1CCC(Oc2ccc(N(Cc3ccc4ccc(C(=N)N)cc4c3)S(=O)(=O)Cc3ccccc3)cc2)CC1. The van der Waals surface area contributed by atoms with Gasteiger partial charge in [0.15, 0.2) is 0 Å². The first-order valence-corrected chi connectivity index (χ1v) is 15.3. The van der Waals surface area contributed by atoms with Gasteiger partial charge in [0, 0.05) is 31.5 Å². The Balaban J connectivity index is 1.41. The van der Waals surface area contributed by atoms with Gasteiger partial charge in [-0.1, -0.05) is 54.6 Å². The zero-order valence-corrected chi connectivity index (χ0v) is 23.9. The van der Waals surface area contributed by atoms with Crippen LogP contribution in [0.1, 0.15) is 36.5 Å². The Kier molecular flexibility index (Phi) is 8.26. The molecular formula is C32H35N5O3S. The number of likely N-dealkylation sites (tertiary alicyclic amines) is 1. The summed E-state index contributed by atoms with van der Waals surface area (Å²) < 4.78 is 35.3. The van der Waals surface area contributed by atoms with Crippen molar-refractivity contribution in [3.63, 3.8) is 0 Å². The zero-order valence-electron chi connectivity index (χ0n) is 23.1. The molecule has 0 atom stereocenters. The highest BCUT2D eigenvalue weighted by molar-refractivity contribution is 7.92. The van der Waals surface area contributed by atoms with E-state index < -0.39 is 10.0 Å². The van der Waals surface area contributed by atoms with E-state index in [-0.39, 0.29) is 24.2 Å². The van der Waals surface area contributed by atoms with Crippen molar-refractivity contribution in [3.05, 3.63) is 108 Å². The van der Waals surface area contributed by atoms with Crippen molar-refractivity contribution in [1.82, 2.24) is 4.90 Å². The maximum absolute atomic E-state index is 13.8. The number of benzene rings is 4. The van der Waals surface area contributed by atoms with Gasteiger partial charge in [-0.25, -0.2) is 8.42 Å². The summed E-state index contributed by atoms with van der Waals surface area (Å²) in [5, 5.41) is 17.5. The second-order valence-corrected chi connectivity index (χ2v) is 12.3. The molecule has 0 aliphatic carbocycles. The summed E-state index contributed by atoms with van der Waals surface area (Å²) in [6, 6.07) is 27.8. The fraction of sp³-hybridized carbons (Fsp3) is 0.250. The van der Waals surface area contributed by atoms with Gasteiger partial charge in [-0.3, -0.25) is 15.1 Å². The molecule has 9 heteroatoms. The number of nitrogens with two attached hydrogens (primary N) is 1. The Morgan fingerprint density at radius 2 is 1.59 bits per heavy atom. The largest absolute Gasteiger partial charge is 0.490 e. The van der Waals surface area contributed by atoms with E-state index in [1.807, 2.05) is 83.8 Å². The number of hydrogen-bond donors (Lipinski definition) is 3. The topological polar surface area (TPSA) is 124 Å². The van der Waals surface area contributed by atoms with Crippen LogP contribution >= 0.6 is 0 Å². The molecule has 0 unspecified atom stereocenters. The number of hydrogen-bond acceptors (Lipinski definition) is 5. The average Bonchev–Trinajstić information content (AvgIpc) is 2.96. The lowest BCUT2D eigenvalue weighted by atomic mass is 10.0. The molecule has 8 nitrogen and oxygen atoms in total. The third-order valence-corrected chi connectivity index (χ3v) is 9.12. The molecule has 0 radical (unpaired) electrons. The highest BCUT2D eigenvalue weighted by atomic mass is 32.2. The number of nitrogens with zero attached hydrogens (tertiary/aromatic N) is 2. The molecule has 1 heterocycles. The summed E-state index contributed by atoms with van der Waals surface area (Å²) in [6.45, 7) is 3.54. The molecule has 1 aliphatic rings. The predicted octanol–water partition coefficient (Wildman–Crippen LogP) is 5.50. The summed E-state index contributed by atoms with van der Waals surface area (Å²) in [5.74, 6) is 1.14. The van der Waals surface area contributed by atoms with E-state index in [0.717, 1.165) is 42.3 Å². The second kappa shape index (κ2) is 12.0. The van der Waals surface area contributed by atoms with Gasteiger partial charge < -0.3 is 15.4 Å². The fourth-order valence-corrected chi connectivity index (χ4v) is 6.69. The molecule has 4 aromatic carbocycles. The number of ether oxygens (including phenoxy) is 1. The smallest absolute Gasteiger partial charge is 0.239 e. The molecule has 0 amide bonds. The summed E-state index contributed by atoms with van der Waals surface area (Å²) in [7, 11) is -3.74. The summed E-state index contributed by atoms with van der Waals surface area (Å²) in [4.78, 5) is 2.05. The molecule has 5 rings (SSSR count). The van der Waals surface area contributed by atoms with Gasteiger partial charge in [0.05, 0.1) is 23.8 Å². The van der Waals surface area contributed by atoms with Gasteiger partial charge in [-0.15, -0.1) is 0 Å². The Hall–Kier alpha value is -4.37. The average molecular weight is 570 g/mol. The van der Waals surface area contributed by atoms with Crippen LogP contribution in [-0.4, -0.2) is 44.2 Å². The number of fused-ring (bicyclic) bond motifs is 1. The van der Waals surface area contributed by atoms with Crippen LogP contribution in [0.25, 0.3) is 10.8 Å². The van der Waals surface area contributed by atoms with Crippen molar-refractivity contribution >= 4 is 38.2 Å². The number of sulfonamides is 1. The normalized spacial score (nSPS) is 14.1. The molecule has 0 spiro atoms. The first kappa shape index (κ1) is 28.2. The standard InChI is InChI=1S/C32H35N5O3S/c1-23(33)36-17-15-31(16-18-36)40-30-13-11-29(12-14-30)37(41(38,39)22-24-5-3-2-4-6-24)21-25-7-8-26-9-10-27(32(34)35)20-28(26)19-25/h2-14,19-20,31,33H,15-18,21-22H2,1H3,(H3,34,35). The second-order valence-electron chi connectivity index (χ2n) is 10.4. The lowest BCUT2D eigenvalue weighted by Gasteiger charge is -2.33. The Morgan fingerprint density at radius 1 is 0.902 bits per heavy atom. The van der Waals surface area contributed by atoms with E-state index >= 15 is 0 Å². The molecule has 41 heavy (non-hydrogen) atoms. The molecule has 0 aromatic heterocycles. The first-order chi connectivity index (χ1) is 19.7. The van der Waals surface area contributed by atoms with Crippen LogP contribution in [0.3, 0.4) is 0 Å². The van der Waals surface area contributed by atoms with E-state index in [9.17, 15) is 8.42 Å². The minimum atomic E-state index is -3.74. The zero-order chi connectivity index (χ0) is 29.0. The van der Waals surface area contributed by atoms with Crippen molar-refractivity contribution in [2.24, 2.45) is 5.73 Å². The van der Waals surface area contributed by atoms with Crippen LogP contribution in [0.5, 0.6) is 5.75 Å². The number of amidine groups is 2. The quantitative estimate of drug-likeness (QED) is 0.181. The molecule has 0 saturated carbocycles. The van der Waals surface area contributed by atoms with E-state index in [1.165, 1.54) is 4.31 Å². The van der Waals surface area contributed by atoms with Gasteiger partial charge >= 0.3 is 0 Å². The van der Waals surface area contributed by atoms with E-state index in [1.54, 1.807) is 19.1 Å². The molecule has 0 bridgehead atoms. The summed E-state index contributed by atoms with van der Waals surface area (Å²) >= 11 is 0. The van der Waals surface area contributed by atoms with E-state index in [0.29, 0.717) is 28.4 Å². The maximum atomic E-state index is 13.8. The van der Waals surface area contributed by atoms with Crippen molar-refractivity contribution in [2.45, 2.75) is 38.2 Å². The fourth-order valence-electron chi connectivity index (χ4n) is 5.13. The third-order valence-electron chi connectivity index (χ3n) is 7.41. The Morgan fingerprint density at radius 3 is 2.24 bits per heavy atom. The maximum Gasteiger partial charge on any atom is 0.239 e. The third kappa shape index (κ3) is 6.86. The molecule has 4 aromatic rings. The minimum absolute atomic E-state index is 0.0120.